The second-order valence-corrected chi connectivity index (χ2v) is 5.27. The smallest absolute Gasteiger partial charge is 0.0572 e. The van der Waals surface area contributed by atoms with Crippen LogP contribution < -0.4 is 10.4 Å². The van der Waals surface area contributed by atoms with Gasteiger partial charge >= 0.3 is 0 Å². The van der Waals surface area contributed by atoms with Crippen LogP contribution >= 0.6 is 0 Å². The number of rotatable bonds is 5. The number of nitrogens with zero attached hydrogens (tertiary/aromatic N) is 2. The lowest BCUT2D eigenvalue weighted by atomic mass is 10.1. The van der Waals surface area contributed by atoms with Crippen LogP contribution in [0.4, 0.5) is 5.69 Å². The lowest BCUT2D eigenvalue weighted by molar-refractivity contribution is 0.0867. The summed E-state index contributed by atoms with van der Waals surface area (Å²) in [5, 5.41) is 0. The van der Waals surface area contributed by atoms with Crippen molar-refractivity contribution in [3.63, 3.8) is 0 Å². The van der Waals surface area contributed by atoms with Gasteiger partial charge in [-0.25, -0.2) is 0 Å². The molecule has 0 amide bonds. The monoisotopic (exact) mass is 263 g/mol. The number of hydroxylamine groups is 1. The van der Waals surface area contributed by atoms with E-state index in [1.165, 1.54) is 11.3 Å². The van der Waals surface area contributed by atoms with Crippen molar-refractivity contribution >= 4 is 5.69 Å². The van der Waals surface area contributed by atoms with Crippen molar-refractivity contribution in [2.24, 2.45) is 0 Å². The van der Waals surface area contributed by atoms with Crippen LogP contribution in [-0.4, -0.2) is 44.2 Å². The molecular weight excluding hydrogens is 238 g/mol. The normalized spacial score (nSPS) is 17.2. The molecule has 1 saturated heterocycles. The molecule has 4 heteroatoms. The highest BCUT2D eigenvalue weighted by atomic mass is 16.6. The minimum absolute atomic E-state index is 0.646. The average molecular weight is 263 g/mol. The molecular formula is C15H25N3O. The Morgan fingerprint density at radius 2 is 1.84 bits per heavy atom. The van der Waals surface area contributed by atoms with Crippen LogP contribution in [0.5, 0.6) is 0 Å². The average Bonchev–Trinajstić information content (AvgIpc) is 2.45. The molecule has 19 heavy (non-hydrogen) atoms. The Hall–Kier alpha value is -1.10. The van der Waals surface area contributed by atoms with Gasteiger partial charge < -0.3 is 9.74 Å². The first-order chi connectivity index (χ1) is 9.22. The highest BCUT2D eigenvalue weighted by Crippen LogP contribution is 2.22. The van der Waals surface area contributed by atoms with E-state index in [4.69, 9.17) is 4.84 Å². The second-order valence-electron chi connectivity index (χ2n) is 5.27. The lowest BCUT2D eigenvalue weighted by Crippen LogP contribution is -2.49. The van der Waals surface area contributed by atoms with Crippen LogP contribution in [0.15, 0.2) is 24.3 Å². The van der Waals surface area contributed by atoms with Crippen molar-refractivity contribution in [3.05, 3.63) is 29.8 Å². The van der Waals surface area contributed by atoms with Crippen LogP contribution in [0.1, 0.15) is 19.4 Å². The Kier molecular flexibility index (Phi) is 5.19. The summed E-state index contributed by atoms with van der Waals surface area (Å²) in [6.45, 7) is 9.77. The molecule has 0 atom stereocenters. The molecule has 0 saturated carbocycles. The van der Waals surface area contributed by atoms with Crippen molar-refractivity contribution in [3.8, 4) is 0 Å². The molecule has 0 unspecified atom stereocenters. The van der Waals surface area contributed by atoms with Crippen LogP contribution in [0.3, 0.4) is 0 Å². The van der Waals surface area contributed by atoms with E-state index in [0.29, 0.717) is 6.04 Å². The van der Waals surface area contributed by atoms with Gasteiger partial charge in [-0.15, -0.1) is 0 Å². The van der Waals surface area contributed by atoms with E-state index in [1.807, 2.05) is 0 Å². The lowest BCUT2D eigenvalue weighted by Gasteiger charge is -2.38. The van der Waals surface area contributed by atoms with Crippen molar-refractivity contribution < 1.29 is 4.84 Å². The standard InChI is InChI=1S/C15H25N3O/c1-13(2)17-8-10-18(11-9-17)15-7-5-4-6-14(15)12-16-19-3/h4-7,13,16H,8-12H2,1-3H3. The van der Waals surface area contributed by atoms with Crippen LogP contribution in [-0.2, 0) is 11.4 Å². The van der Waals surface area contributed by atoms with Crippen molar-refractivity contribution in [1.82, 2.24) is 10.4 Å². The van der Waals surface area contributed by atoms with Gasteiger partial charge in [-0.05, 0) is 25.5 Å². The highest BCUT2D eigenvalue weighted by molar-refractivity contribution is 5.54. The summed E-state index contributed by atoms with van der Waals surface area (Å²) in [6, 6.07) is 9.21. The Morgan fingerprint density at radius 3 is 2.47 bits per heavy atom. The molecule has 0 bridgehead atoms. The molecule has 4 nitrogen and oxygen atoms in total. The zero-order chi connectivity index (χ0) is 13.7. The zero-order valence-corrected chi connectivity index (χ0v) is 12.2. The van der Waals surface area contributed by atoms with Gasteiger partial charge in [0.2, 0.25) is 0 Å². The third kappa shape index (κ3) is 3.69. The molecule has 106 valence electrons. The second kappa shape index (κ2) is 6.89. The molecule has 0 spiro atoms. The largest absolute Gasteiger partial charge is 0.369 e. The summed E-state index contributed by atoms with van der Waals surface area (Å²) in [6.07, 6.45) is 0. The molecule has 0 aliphatic carbocycles. The molecule has 1 aliphatic rings. The van der Waals surface area contributed by atoms with Gasteiger partial charge in [0.1, 0.15) is 0 Å². The Bertz CT molecular complexity index is 387. The molecule has 1 heterocycles. The number of hydrogen-bond donors (Lipinski definition) is 1. The first kappa shape index (κ1) is 14.3. The molecule has 1 N–H and O–H groups in total. The van der Waals surface area contributed by atoms with Gasteiger partial charge in [0.15, 0.2) is 0 Å². The fourth-order valence-corrected chi connectivity index (χ4v) is 2.60. The van der Waals surface area contributed by atoms with Gasteiger partial charge in [0.05, 0.1) is 7.11 Å². The minimum Gasteiger partial charge on any atom is -0.369 e. The highest BCUT2D eigenvalue weighted by Gasteiger charge is 2.20. The molecule has 0 aromatic heterocycles. The summed E-state index contributed by atoms with van der Waals surface area (Å²) < 4.78 is 0. The number of nitrogens with one attached hydrogen (secondary N) is 1. The Balaban J connectivity index is 2.02. The van der Waals surface area contributed by atoms with Crippen molar-refractivity contribution in [2.45, 2.75) is 26.4 Å². The zero-order valence-electron chi connectivity index (χ0n) is 12.2. The van der Waals surface area contributed by atoms with Gasteiger partial charge in [-0.3, -0.25) is 4.90 Å². The SMILES string of the molecule is CONCc1ccccc1N1CCN(C(C)C)CC1. The quantitative estimate of drug-likeness (QED) is 0.821. The maximum atomic E-state index is 4.96. The fourth-order valence-electron chi connectivity index (χ4n) is 2.60. The summed E-state index contributed by atoms with van der Waals surface area (Å²) in [7, 11) is 1.66. The topological polar surface area (TPSA) is 27.7 Å². The molecule has 1 fully saturated rings. The summed E-state index contributed by atoms with van der Waals surface area (Å²) in [5.74, 6) is 0. The summed E-state index contributed by atoms with van der Waals surface area (Å²) in [5.41, 5.74) is 5.56. The van der Waals surface area contributed by atoms with Crippen LogP contribution in [0.25, 0.3) is 0 Å². The number of anilines is 1. The minimum atomic E-state index is 0.646. The first-order valence-corrected chi connectivity index (χ1v) is 7.05. The van der Waals surface area contributed by atoms with E-state index in [-0.39, 0.29) is 0 Å². The molecule has 1 aliphatic heterocycles. The molecule has 1 aromatic rings. The molecule has 2 rings (SSSR count). The summed E-state index contributed by atoms with van der Waals surface area (Å²) in [4.78, 5) is 9.97. The van der Waals surface area contributed by atoms with Crippen LogP contribution in [0, 0.1) is 0 Å². The van der Waals surface area contributed by atoms with Gasteiger partial charge in [-0.2, -0.15) is 5.48 Å². The first-order valence-electron chi connectivity index (χ1n) is 7.05. The predicted molar refractivity (Wildman–Crippen MR) is 79.2 cm³/mol. The maximum absolute atomic E-state index is 4.96. The third-order valence-electron chi connectivity index (χ3n) is 3.78. The fraction of sp³-hybridized carbons (Fsp3) is 0.600. The van der Waals surface area contributed by atoms with Gasteiger partial charge in [0.25, 0.3) is 0 Å². The third-order valence-corrected chi connectivity index (χ3v) is 3.78. The van der Waals surface area contributed by atoms with Gasteiger partial charge in [-0.1, -0.05) is 18.2 Å². The Morgan fingerprint density at radius 1 is 1.16 bits per heavy atom. The maximum Gasteiger partial charge on any atom is 0.0572 e. The van der Waals surface area contributed by atoms with E-state index in [1.54, 1.807) is 7.11 Å². The molecule has 1 aromatic carbocycles. The van der Waals surface area contributed by atoms with E-state index in [2.05, 4.69) is 53.4 Å². The number of piperazine rings is 1. The van der Waals surface area contributed by atoms with Gasteiger partial charge in [0, 0.05) is 44.5 Å². The van der Waals surface area contributed by atoms with Crippen LogP contribution in [0.2, 0.25) is 0 Å². The van der Waals surface area contributed by atoms with E-state index < -0.39 is 0 Å². The number of para-hydroxylation sites is 1. The van der Waals surface area contributed by atoms with E-state index >= 15 is 0 Å². The van der Waals surface area contributed by atoms with Crippen molar-refractivity contribution in [2.75, 3.05) is 38.2 Å². The summed E-state index contributed by atoms with van der Waals surface area (Å²) >= 11 is 0. The Labute approximate surface area is 116 Å². The molecule has 0 radical (unpaired) electrons. The predicted octanol–water partition coefficient (Wildman–Crippen LogP) is 1.87. The van der Waals surface area contributed by atoms with E-state index in [9.17, 15) is 0 Å². The number of benzene rings is 1. The van der Waals surface area contributed by atoms with E-state index in [0.717, 1.165) is 32.7 Å². The van der Waals surface area contributed by atoms with Crippen molar-refractivity contribution in [1.29, 1.82) is 0 Å². The number of hydrogen-bond acceptors (Lipinski definition) is 4.